The van der Waals surface area contributed by atoms with Crippen molar-refractivity contribution in [3.63, 3.8) is 0 Å². The van der Waals surface area contributed by atoms with Gasteiger partial charge in [-0.15, -0.1) is 0 Å². The molecule has 2 aromatic heterocycles. The van der Waals surface area contributed by atoms with Crippen molar-refractivity contribution in [1.82, 2.24) is 14.5 Å². The molecule has 0 saturated carbocycles. The van der Waals surface area contributed by atoms with Crippen LogP contribution in [0.15, 0.2) is 29.5 Å². The van der Waals surface area contributed by atoms with Crippen LogP contribution >= 0.6 is 11.6 Å². The van der Waals surface area contributed by atoms with Crippen LogP contribution in [0.3, 0.4) is 0 Å². The fourth-order valence-electron chi connectivity index (χ4n) is 2.65. The number of carbonyl (C=O) groups excluding carboxylic acids is 1. The minimum Gasteiger partial charge on any atom is -0.474 e. The zero-order chi connectivity index (χ0) is 19.6. The monoisotopic (exact) mass is 392 g/mol. The number of rotatable bonds is 4. The molecule has 144 valence electrons. The summed E-state index contributed by atoms with van der Waals surface area (Å²) >= 11 is 5.85. The molecule has 0 spiro atoms. The van der Waals surface area contributed by atoms with Gasteiger partial charge in [0.2, 0.25) is 5.88 Å². The highest BCUT2D eigenvalue weighted by atomic mass is 35.5. The van der Waals surface area contributed by atoms with Crippen molar-refractivity contribution in [2.75, 3.05) is 11.9 Å². The smallest absolute Gasteiger partial charge is 0.326 e. The second-order valence-electron chi connectivity index (χ2n) is 7.27. The lowest BCUT2D eigenvalue weighted by molar-refractivity contribution is -0.155. The normalized spacial score (nSPS) is 16.1. The number of aromatic nitrogens is 3. The van der Waals surface area contributed by atoms with Gasteiger partial charge in [0.1, 0.15) is 25.1 Å². The van der Waals surface area contributed by atoms with E-state index in [1.165, 1.54) is 10.9 Å². The van der Waals surface area contributed by atoms with Gasteiger partial charge in [0.15, 0.2) is 5.69 Å². The van der Waals surface area contributed by atoms with Gasteiger partial charge in [-0.25, -0.2) is 4.98 Å². The maximum atomic E-state index is 12.7. The third kappa shape index (κ3) is 4.97. The maximum Gasteiger partial charge on any atom is 0.326 e. The molecular weight excluding hydrogens is 372 g/mol. The first-order chi connectivity index (χ1) is 12.7. The predicted molar refractivity (Wildman–Crippen MR) is 100 cm³/mol. The minimum atomic E-state index is -0.625. The van der Waals surface area contributed by atoms with Gasteiger partial charge in [0.25, 0.3) is 5.56 Å². The van der Waals surface area contributed by atoms with Crippen LogP contribution in [0.4, 0.5) is 5.69 Å². The Morgan fingerprint density at radius 3 is 2.85 bits per heavy atom. The van der Waals surface area contributed by atoms with Crippen LogP contribution in [-0.2, 0) is 22.5 Å². The number of nitrogens with zero attached hydrogens (tertiary/aromatic N) is 3. The van der Waals surface area contributed by atoms with E-state index in [2.05, 4.69) is 15.3 Å². The van der Waals surface area contributed by atoms with Gasteiger partial charge in [-0.2, -0.15) is 0 Å². The van der Waals surface area contributed by atoms with Crippen molar-refractivity contribution in [3.05, 3.63) is 45.7 Å². The Morgan fingerprint density at radius 1 is 1.41 bits per heavy atom. The number of hydrogen-bond acceptors (Lipinski definition) is 7. The van der Waals surface area contributed by atoms with E-state index in [0.29, 0.717) is 18.1 Å². The molecule has 1 aliphatic heterocycles. The summed E-state index contributed by atoms with van der Waals surface area (Å²) in [6, 6.07) is 3.43. The maximum absolute atomic E-state index is 12.7. The lowest BCUT2D eigenvalue weighted by Gasteiger charge is -2.26. The Labute approximate surface area is 161 Å². The number of halogens is 1. The van der Waals surface area contributed by atoms with Crippen molar-refractivity contribution >= 4 is 23.3 Å². The molecule has 1 atom stereocenters. The predicted octanol–water partition coefficient (Wildman–Crippen LogP) is 2.05. The largest absolute Gasteiger partial charge is 0.474 e. The molecular formula is C18H21ClN4O4. The third-order valence-electron chi connectivity index (χ3n) is 3.74. The molecule has 0 amide bonds. The van der Waals surface area contributed by atoms with E-state index in [4.69, 9.17) is 21.1 Å². The standard InChI is InChI=1S/C18H21ClN4O4/c1-18(2,3)27-14(24)8-23-10-21-16-15(17(23)25)22-13(9-26-16)6-12-5-4-11(19)7-20-12/h4-5,7,10,13,22H,6,8-9H2,1-3H3/t13-/m1/s1. The van der Waals surface area contributed by atoms with Crippen molar-refractivity contribution in [3.8, 4) is 5.88 Å². The molecule has 0 saturated heterocycles. The Kier molecular flexibility index (Phi) is 5.36. The van der Waals surface area contributed by atoms with E-state index >= 15 is 0 Å². The number of hydrogen-bond donors (Lipinski definition) is 1. The number of carbonyl (C=O) groups is 1. The molecule has 1 N–H and O–H groups in total. The highest BCUT2D eigenvalue weighted by molar-refractivity contribution is 6.30. The zero-order valence-electron chi connectivity index (χ0n) is 15.4. The molecule has 0 fully saturated rings. The Morgan fingerprint density at radius 2 is 2.19 bits per heavy atom. The number of ether oxygens (including phenoxy) is 2. The van der Waals surface area contributed by atoms with E-state index in [9.17, 15) is 9.59 Å². The second kappa shape index (κ2) is 7.56. The molecule has 2 aromatic rings. The summed E-state index contributed by atoms with van der Waals surface area (Å²) in [5, 5.41) is 3.71. The van der Waals surface area contributed by atoms with Gasteiger partial charge < -0.3 is 14.8 Å². The molecule has 9 heteroatoms. The molecule has 27 heavy (non-hydrogen) atoms. The van der Waals surface area contributed by atoms with E-state index in [-0.39, 0.29) is 29.7 Å². The van der Waals surface area contributed by atoms with Gasteiger partial charge in [-0.1, -0.05) is 11.6 Å². The second-order valence-corrected chi connectivity index (χ2v) is 7.70. The lowest BCUT2D eigenvalue weighted by Crippen LogP contribution is -2.39. The molecule has 0 aromatic carbocycles. The van der Waals surface area contributed by atoms with E-state index in [0.717, 1.165) is 5.69 Å². The molecule has 0 aliphatic carbocycles. The van der Waals surface area contributed by atoms with Crippen LogP contribution in [0.2, 0.25) is 5.02 Å². The number of fused-ring (bicyclic) bond motifs is 1. The summed E-state index contributed by atoms with van der Waals surface area (Å²) in [5.74, 6) is -0.286. The van der Waals surface area contributed by atoms with E-state index in [1.807, 2.05) is 6.07 Å². The number of nitrogens with one attached hydrogen (secondary N) is 1. The van der Waals surface area contributed by atoms with Crippen molar-refractivity contribution in [1.29, 1.82) is 0 Å². The van der Waals surface area contributed by atoms with Gasteiger partial charge >= 0.3 is 5.97 Å². The van der Waals surface area contributed by atoms with Gasteiger partial charge in [0.05, 0.1) is 11.1 Å². The Bertz CT molecular complexity index is 890. The summed E-state index contributed by atoms with van der Waals surface area (Å²) in [5.41, 5.74) is 0.0354. The summed E-state index contributed by atoms with van der Waals surface area (Å²) < 4.78 is 12.1. The molecule has 0 bridgehead atoms. The first-order valence-electron chi connectivity index (χ1n) is 8.52. The topological polar surface area (TPSA) is 95.3 Å². The molecule has 1 aliphatic rings. The molecule has 0 radical (unpaired) electrons. The average molecular weight is 393 g/mol. The van der Waals surface area contributed by atoms with Gasteiger partial charge in [0, 0.05) is 18.3 Å². The Hall–Kier alpha value is -2.61. The highest BCUT2D eigenvalue weighted by Gasteiger charge is 2.25. The molecule has 0 unspecified atom stereocenters. The van der Waals surface area contributed by atoms with E-state index < -0.39 is 11.6 Å². The van der Waals surface area contributed by atoms with Crippen LogP contribution in [0, 0.1) is 0 Å². The summed E-state index contributed by atoms with van der Waals surface area (Å²) in [6.45, 7) is 5.43. The van der Waals surface area contributed by atoms with Crippen LogP contribution in [0.5, 0.6) is 5.88 Å². The summed E-state index contributed by atoms with van der Waals surface area (Å²) in [6.07, 6.45) is 3.41. The van der Waals surface area contributed by atoms with Gasteiger partial charge in [-0.3, -0.25) is 19.1 Å². The first kappa shape index (κ1) is 19.2. The van der Waals surface area contributed by atoms with Crippen LogP contribution in [0.1, 0.15) is 26.5 Å². The summed E-state index contributed by atoms with van der Waals surface area (Å²) in [4.78, 5) is 33.1. The molecule has 3 heterocycles. The number of pyridine rings is 1. The Balaban J connectivity index is 1.74. The molecule has 8 nitrogen and oxygen atoms in total. The van der Waals surface area contributed by atoms with Crippen LogP contribution < -0.4 is 15.6 Å². The SMILES string of the molecule is CC(C)(C)OC(=O)Cn1cnc2c(c1=O)N[C@H](Cc1ccc(Cl)cn1)CO2. The number of anilines is 1. The number of esters is 1. The molecule has 3 rings (SSSR count). The van der Waals surface area contributed by atoms with Crippen LogP contribution in [-0.4, -0.2) is 38.8 Å². The summed E-state index contributed by atoms with van der Waals surface area (Å²) in [7, 11) is 0. The van der Waals surface area contributed by atoms with Crippen molar-refractivity contribution in [2.24, 2.45) is 0 Å². The third-order valence-corrected chi connectivity index (χ3v) is 3.96. The minimum absolute atomic E-state index is 0.155. The zero-order valence-corrected chi connectivity index (χ0v) is 16.1. The fourth-order valence-corrected chi connectivity index (χ4v) is 2.76. The lowest BCUT2D eigenvalue weighted by atomic mass is 10.1. The van der Waals surface area contributed by atoms with E-state index in [1.54, 1.807) is 33.0 Å². The fraction of sp³-hybridized carbons (Fsp3) is 0.444. The van der Waals surface area contributed by atoms with Crippen LogP contribution in [0.25, 0.3) is 0 Å². The highest BCUT2D eigenvalue weighted by Crippen LogP contribution is 2.23. The van der Waals surface area contributed by atoms with Crippen molar-refractivity contribution < 1.29 is 14.3 Å². The van der Waals surface area contributed by atoms with Gasteiger partial charge in [-0.05, 0) is 32.9 Å². The van der Waals surface area contributed by atoms with Crippen molar-refractivity contribution in [2.45, 2.75) is 45.4 Å². The first-order valence-corrected chi connectivity index (χ1v) is 8.90. The quantitative estimate of drug-likeness (QED) is 0.795. The average Bonchev–Trinajstić information content (AvgIpc) is 2.58.